The van der Waals surface area contributed by atoms with Crippen molar-refractivity contribution in [3.05, 3.63) is 28.7 Å². The number of halogens is 1. The van der Waals surface area contributed by atoms with E-state index >= 15 is 0 Å². The first-order chi connectivity index (χ1) is 11.0. The zero-order valence-corrected chi connectivity index (χ0v) is 15.7. The van der Waals surface area contributed by atoms with Crippen molar-refractivity contribution in [2.45, 2.75) is 11.8 Å². The molecule has 0 unspecified atom stereocenters. The topological polar surface area (TPSA) is 53.9 Å². The van der Waals surface area contributed by atoms with E-state index in [4.69, 9.17) is 0 Å². The molecule has 1 fully saturated rings. The van der Waals surface area contributed by atoms with Crippen LogP contribution in [-0.2, 0) is 9.59 Å². The number of quaternary nitrogens is 1. The molecule has 23 heavy (non-hydrogen) atoms. The van der Waals surface area contributed by atoms with Gasteiger partial charge in [0.1, 0.15) is 0 Å². The van der Waals surface area contributed by atoms with E-state index in [0.29, 0.717) is 13.1 Å². The first kappa shape index (κ1) is 18.3. The molecule has 0 saturated carbocycles. The Balaban J connectivity index is 1.58. The van der Waals surface area contributed by atoms with Crippen LogP contribution >= 0.6 is 27.7 Å². The Labute approximate surface area is 149 Å². The van der Waals surface area contributed by atoms with Gasteiger partial charge in [-0.25, -0.2) is 0 Å². The highest BCUT2D eigenvalue weighted by molar-refractivity contribution is 9.10. The predicted octanol–water partition coefficient (Wildman–Crippen LogP) is 0.404. The largest absolute Gasteiger partial charge is 0.350 e. The van der Waals surface area contributed by atoms with Gasteiger partial charge in [0, 0.05) is 28.6 Å². The summed E-state index contributed by atoms with van der Waals surface area (Å²) in [6.45, 7) is 5.96. The van der Waals surface area contributed by atoms with Crippen LogP contribution in [0.1, 0.15) is 6.92 Å². The molecule has 1 aliphatic rings. The van der Waals surface area contributed by atoms with Crippen molar-refractivity contribution in [3.63, 3.8) is 0 Å². The van der Waals surface area contributed by atoms with Gasteiger partial charge in [0.15, 0.2) is 6.54 Å². The highest BCUT2D eigenvalue weighted by Crippen LogP contribution is 2.19. The number of thioether (sulfide) groups is 1. The lowest BCUT2D eigenvalue weighted by Gasteiger charge is -2.31. The maximum Gasteiger partial charge on any atom is 0.275 e. The Morgan fingerprint density at radius 3 is 2.52 bits per heavy atom. The molecule has 0 aliphatic carbocycles. The molecular weight excluding hydrogens is 378 g/mol. The first-order valence-corrected chi connectivity index (χ1v) is 9.56. The monoisotopic (exact) mass is 400 g/mol. The van der Waals surface area contributed by atoms with E-state index in [1.807, 2.05) is 17.0 Å². The lowest BCUT2D eigenvalue weighted by molar-refractivity contribution is -0.896. The van der Waals surface area contributed by atoms with Crippen LogP contribution in [0.4, 0.5) is 0 Å². The number of hydrogen-bond donors (Lipinski definition) is 2. The van der Waals surface area contributed by atoms with E-state index in [9.17, 15) is 9.59 Å². The van der Waals surface area contributed by atoms with Crippen LogP contribution in [0, 0.1) is 0 Å². The number of benzene rings is 1. The second-order valence-electron chi connectivity index (χ2n) is 5.59. The lowest BCUT2D eigenvalue weighted by Crippen LogP contribution is -3.15. The Morgan fingerprint density at radius 1 is 1.26 bits per heavy atom. The summed E-state index contributed by atoms with van der Waals surface area (Å²) in [5.41, 5.74) is 0. The summed E-state index contributed by atoms with van der Waals surface area (Å²) < 4.78 is 1.07. The fourth-order valence-electron chi connectivity index (χ4n) is 2.49. The molecule has 1 aliphatic heterocycles. The minimum atomic E-state index is 0.0904. The first-order valence-electron chi connectivity index (χ1n) is 7.79. The van der Waals surface area contributed by atoms with Crippen LogP contribution in [0.2, 0.25) is 0 Å². The van der Waals surface area contributed by atoms with Crippen LogP contribution in [0.5, 0.6) is 0 Å². The number of piperazine rings is 1. The van der Waals surface area contributed by atoms with Crippen LogP contribution in [0.3, 0.4) is 0 Å². The number of nitrogens with zero attached hydrogens (tertiary/aromatic N) is 1. The van der Waals surface area contributed by atoms with Crippen LogP contribution < -0.4 is 10.2 Å². The van der Waals surface area contributed by atoms with Crippen molar-refractivity contribution < 1.29 is 14.5 Å². The Morgan fingerprint density at radius 2 is 1.91 bits per heavy atom. The third-order valence-electron chi connectivity index (χ3n) is 3.83. The van der Waals surface area contributed by atoms with E-state index < -0.39 is 0 Å². The molecule has 2 amide bonds. The second kappa shape index (κ2) is 9.30. The van der Waals surface area contributed by atoms with Gasteiger partial charge in [-0.1, -0.05) is 15.9 Å². The van der Waals surface area contributed by atoms with Crippen molar-refractivity contribution in [1.29, 1.82) is 0 Å². The fourth-order valence-corrected chi connectivity index (χ4v) is 3.53. The predicted molar refractivity (Wildman–Crippen MR) is 95.7 cm³/mol. The van der Waals surface area contributed by atoms with E-state index in [-0.39, 0.29) is 11.8 Å². The molecule has 2 rings (SSSR count). The zero-order chi connectivity index (χ0) is 16.7. The third kappa shape index (κ3) is 6.53. The summed E-state index contributed by atoms with van der Waals surface area (Å²) in [6, 6.07) is 8.17. The maximum absolute atomic E-state index is 12.0. The fraction of sp³-hybridized carbons (Fsp3) is 0.500. The molecule has 0 aromatic heterocycles. The van der Waals surface area contributed by atoms with Gasteiger partial charge in [0.25, 0.3) is 5.91 Å². The second-order valence-corrected chi connectivity index (χ2v) is 7.67. The van der Waals surface area contributed by atoms with Gasteiger partial charge in [-0.05, 0) is 24.3 Å². The van der Waals surface area contributed by atoms with Gasteiger partial charge in [-0.2, -0.15) is 0 Å². The smallest absolute Gasteiger partial charge is 0.275 e. The van der Waals surface area contributed by atoms with Crippen molar-refractivity contribution in [2.24, 2.45) is 0 Å². The normalized spacial score (nSPS) is 15.5. The molecule has 126 valence electrons. The summed E-state index contributed by atoms with van der Waals surface area (Å²) in [7, 11) is 0. The van der Waals surface area contributed by atoms with E-state index in [1.54, 1.807) is 18.7 Å². The molecule has 1 aromatic carbocycles. The van der Waals surface area contributed by atoms with Crippen LogP contribution in [0.25, 0.3) is 0 Å². The molecule has 0 bridgehead atoms. The van der Waals surface area contributed by atoms with Gasteiger partial charge < -0.3 is 15.1 Å². The van der Waals surface area contributed by atoms with Gasteiger partial charge >= 0.3 is 0 Å². The summed E-state index contributed by atoms with van der Waals surface area (Å²) in [5.74, 6) is 1.08. The summed E-state index contributed by atoms with van der Waals surface area (Å²) in [4.78, 5) is 27.5. The van der Waals surface area contributed by atoms with E-state index in [2.05, 4.69) is 33.4 Å². The number of carbonyl (C=O) groups is 2. The lowest BCUT2D eigenvalue weighted by atomic mass is 10.3. The molecule has 0 radical (unpaired) electrons. The molecule has 7 heteroatoms. The van der Waals surface area contributed by atoms with Crippen molar-refractivity contribution in [1.82, 2.24) is 10.2 Å². The molecule has 0 spiro atoms. The highest BCUT2D eigenvalue weighted by Gasteiger charge is 2.23. The minimum absolute atomic E-state index is 0.0904. The van der Waals surface area contributed by atoms with Crippen molar-refractivity contribution >= 4 is 39.5 Å². The van der Waals surface area contributed by atoms with Crippen molar-refractivity contribution in [2.75, 3.05) is 45.0 Å². The average Bonchev–Trinajstić information content (AvgIpc) is 2.54. The summed E-state index contributed by atoms with van der Waals surface area (Å²) >= 11 is 5.15. The Bertz CT molecular complexity index is 531. The average molecular weight is 401 g/mol. The SMILES string of the molecule is CC(=O)N1CC[NH+](CC(=O)NCCSc2ccc(Br)cc2)CC1. The Kier molecular flexibility index (Phi) is 7.39. The molecule has 5 nitrogen and oxygen atoms in total. The van der Waals surface area contributed by atoms with E-state index in [1.165, 1.54) is 9.80 Å². The quantitative estimate of drug-likeness (QED) is 0.536. The van der Waals surface area contributed by atoms with E-state index in [0.717, 1.165) is 36.4 Å². The Hall–Kier alpha value is -1.05. The standard InChI is InChI=1S/C16H22BrN3O2S/c1-13(21)20-9-7-19(8-10-20)12-16(22)18-6-11-23-15-4-2-14(17)3-5-15/h2-5H,6-12H2,1H3,(H,18,22)/p+1. The highest BCUT2D eigenvalue weighted by atomic mass is 79.9. The van der Waals surface area contributed by atoms with Gasteiger partial charge in [0.05, 0.1) is 26.2 Å². The number of amides is 2. The molecule has 1 saturated heterocycles. The maximum atomic E-state index is 12.0. The zero-order valence-electron chi connectivity index (χ0n) is 13.3. The van der Waals surface area contributed by atoms with Crippen molar-refractivity contribution in [3.8, 4) is 0 Å². The third-order valence-corrected chi connectivity index (χ3v) is 5.38. The van der Waals surface area contributed by atoms with Gasteiger partial charge in [0.2, 0.25) is 5.91 Å². The van der Waals surface area contributed by atoms with Crippen LogP contribution in [-0.4, -0.2) is 61.7 Å². The number of hydrogen-bond acceptors (Lipinski definition) is 3. The molecule has 1 heterocycles. The molecule has 0 atom stereocenters. The molecule has 2 N–H and O–H groups in total. The van der Waals surface area contributed by atoms with Gasteiger partial charge in [-0.3, -0.25) is 9.59 Å². The minimum Gasteiger partial charge on any atom is -0.350 e. The summed E-state index contributed by atoms with van der Waals surface area (Å²) in [5, 5.41) is 2.98. The summed E-state index contributed by atoms with van der Waals surface area (Å²) in [6.07, 6.45) is 0. The van der Waals surface area contributed by atoms with Gasteiger partial charge in [-0.15, -0.1) is 11.8 Å². The number of carbonyl (C=O) groups excluding carboxylic acids is 2. The molecule has 1 aromatic rings. The van der Waals surface area contributed by atoms with Crippen LogP contribution in [0.15, 0.2) is 33.6 Å². The number of nitrogens with one attached hydrogen (secondary N) is 2. The molecular formula is C16H23BrN3O2S+. The number of rotatable bonds is 6.